The minimum atomic E-state index is -4.58. The van der Waals surface area contributed by atoms with Crippen molar-refractivity contribution in [3.63, 3.8) is 0 Å². The van der Waals surface area contributed by atoms with Crippen LogP contribution in [0.1, 0.15) is 12.5 Å². The highest BCUT2D eigenvalue weighted by atomic mass is 35.5. The summed E-state index contributed by atoms with van der Waals surface area (Å²) >= 11 is 5.56. The zero-order valence-electron chi connectivity index (χ0n) is 12.2. The van der Waals surface area contributed by atoms with Gasteiger partial charge < -0.3 is 5.32 Å². The number of rotatable bonds is 3. The Morgan fingerprint density at radius 2 is 1.83 bits per heavy atom. The largest absolute Gasteiger partial charge is 0.417 e. The number of para-hydroxylation sites is 1. The van der Waals surface area contributed by atoms with E-state index in [1.54, 1.807) is 31.2 Å². The van der Waals surface area contributed by atoms with Gasteiger partial charge in [0, 0.05) is 17.9 Å². The maximum Gasteiger partial charge on any atom is 0.417 e. The van der Waals surface area contributed by atoms with Crippen molar-refractivity contribution in [3.8, 4) is 0 Å². The van der Waals surface area contributed by atoms with Crippen LogP contribution in [0.5, 0.6) is 0 Å². The Bertz CT molecular complexity index is 689. The summed E-state index contributed by atoms with van der Waals surface area (Å²) in [5.41, 5.74) is -0.307. The lowest BCUT2D eigenvalue weighted by Crippen LogP contribution is -2.34. The van der Waals surface area contributed by atoms with E-state index in [9.17, 15) is 18.0 Å². The predicted octanol–water partition coefficient (Wildman–Crippen LogP) is 5.42. The molecule has 0 unspecified atom stereocenters. The van der Waals surface area contributed by atoms with E-state index in [0.717, 1.165) is 12.1 Å². The number of urea groups is 1. The number of carbonyl (C=O) groups excluding carboxylic acids is 1. The third-order valence-electron chi connectivity index (χ3n) is 3.15. The predicted molar refractivity (Wildman–Crippen MR) is 84.9 cm³/mol. The molecule has 2 aromatic carbocycles. The fourth-order valence-corrected chi connectivity index (χ4v) is 2.29. The summed E-state index contributed by atoms with van der Waals surface area (Å²) in [6.45, 7) is 2.14. The minimum absolute atomic E-state index is 0.0288. The number of carbonyl (C=O) groups is 1. The Hall–Kier alpha value is -2.21. The van der Waals surface area contributed by atoms with Gasteiger partial charge in [0.25, 0.3) is 0 Å². The lowest BCUT2D eigenvalue weighted by Gasteiger charge is -2.22. The first-order chi connectivity index (χ1) is 10.8. The highest BCUT2D eigenvalue weighted by Gasteiger charge is 2.33. The van der Waals surface area contributed by atoms with Crippen LogP contribution in [0.3, 0.4) is 0 Å². The van der Waals surface area contributed by atoms with Gasteiger partial charge in [0.1, 0.15) is 0 Å². The number of halogens is 4. The molecule has 3 nitrogen and oxygen atoms in total. The van der Waals surface area contributed by atoms with Crippen molar-refractivity contribution in [2.75, 3.05) is 16.8 Å². The fourth-order valence-electron chi connectivity index (χ4n) is 2.06. The van der Waals surface area contributed by atoms with Gasteiger partial charge in [-0.3, -0.25) is 4.90 Å². The number of benzene rings is 2. The Kier molecular flexibility index (Phi) is 5.15. The van der Waals surface area contributed by atoms with E-state index in [4.69, 9.17) is 11.6 Å². The molecule has 0 saturated heterocycles. The molecule has 0 bridgehead atoms. The number of nitrogens with zero attached hydrogens (tertiary/aromatic N) is 1. The molecule has 7 heteroatoms. The molecule has 23 heavy (non-hydrogen) atoms. The van der Waals surface area contributed by atoms with Crippen LogP contribution in [0, 0.1) is 0 Å². The van der Waals surface area contributed by atoms with Gasteiger partial charge in [0.15, 0.2) is 0 Å². The van der Waals surface area contributed by atoms with Crippen LogP contribution in [-0.4, -0.2) is 12.6 Å². The summed E-state index contributed by atoms with van der Waals surface area (Å²) in [5.74, 6) is 0. The van der Waals surface area contributed by atoms with E-state index in [0.29, 0.717) is 12.2 Å². The first-order valence-corrected chi connectivity index (χ1v) is 7.21. The molecule has 122 valence electrons. The van der Waals surface area contributed by atoms with E-state index < -0.39 is 22.8 Å². The van der Waals surface area contributed by atoms with Gasteiger partial charge in [-0.15, -0.1) is 0 Å². The lowest BCUT2D eigenvalue weighted by atomic mass is 10.2. The van der Waals surface area contributed by atoms with Gasteiger partial charge in [-0.25, -0.2) is 4.79 Å². The van der Waals surface area contributed by atoms with Crippen molar-refractivity contribution in [2.24, 2.45) is 0 Å². The molecule has 2 aromatic rings. The average Bonchev–Trinajstić information content (AvgIpc) is 2.50. The molecular weight excluding hydrogens is 329 g/mol. The van der Waals surface area contributed by atoms with Crippen LogP contribution in [0.2, 0.25) is 5.02 Å². The van der Waals surface area contributed by atoms with Crippen molar-refractivity contribution in [1.29, 1.82) is 0 Å². The molecule has 0 fully saturated rings. The van der Waals surface area contributed by atoms with E-state index in [2.05, 4.69) is 5.32 Å². The normalized spacial score (nSPS) is 11.2. The fraction of sp³-hybridized carbons (Fsp3) is 0.188. The maximum atomic E-state index is 12.8. The van der Waals surface area contributed by atoms with Gasteiger partial charge in [0.2, 0.25) is 0 Å². The number of nitrogens with one attached hydrogen (secondary N) is 1. The monoisotopic (exact) mass is 342 g/mol. The molecule has 1 N–H and O–H groups in total. The standard InChI is InChI=1S/C16H14ClF3N2O/c1-2-22(12-6-4-3-5-7-12)15(23)21-11-8-9-14(17)13(10-11)16(18,19)20/h3-10H,2H2,1H3,(H,21,23). The van der Waals surface area contributed by atoms with Crippen molar-refractivity contribution in [2.45, 2.75) is 13.1 Å². The third-order valence-corrected chi connectivity index (χ3v) is 3.48. The van der Waals surface area contributed by atoms with Gasteiger partial charge in [-0.05, 0) is 37.3 Å². The zero-order chi connectivity index (χ0) is 17.0. The molecular formula is C16H14ClF3N2O. The zero-order valence-corrected chi connectivity index (χ0v) is 12.9. The number of hydrogen-bond donors (Lipinski definition) is 1. The van der Waals surface area contributed by atoms with Crippen molar-refractivity contribution < 1.29 is 18.0 Å². The van der Waals surface area contributed by atoms with E-state index >= 15 is 0 Å². The second-order valence-corrected chi connectivity index (χ2v) is 5.11. The highest BCUT2D eigenvalue weighted by Crippen LogP contribution is 2.36. The van der Waals surface area contributed by atoms with E-state index in [1.807, 2.05) is 6.07 Å². The molecule has 0 spiro atoms. The molecule has 0 heterocycles. The maximum absolute atomic E-state index is 12.8. The number of amides is 2. The molecule has 0 aromatic heterocycles. The summed E-state index contributed by atoms with van der Waals surface area (Å²) in [6.07, 6.45) is -4.58. The van der Waals surface area contributed by atoms with Crippen LogP contribution in [0.15, 0.2) is 48.5 Å². The number of alkyl halides is 3. The van der Waals surface area contributed by atoms with Crippen molar-refractivity contribution >= 4 is 29.0 Å². The molecule has 0 saturated carbocycles. The van der Waals surface area contributed by atoms with Crippen LogP contribution < -0.4 is 10.2 Å². The molecule has 0 aliphatic heterocycles. The Balaban J connectivity index is 2.23. The molecule has 0 aliphatic rings. The summed E-state index contributed by atoms with van der Waals surface area (Å²) in [7, 11) is 0. The molecule has 2 rings (SSSR count). The van der Waals surface area contributed by atoms with Gasteiger partial charge in [-0.2, -0.15) is 13.2 Å². The Morgan fingerprint density at radius 3 is 2.39 bits per heavy atom. The first-order valence-electron chi connectivity index (χ1n) is 6.83. The highest BCUT2D eigenvalue weighted by molar-refractivity contribution is 6.31. The lowest BCUT2D eigenvalue weighted by molar-refractivity contribution is -0.137. The van der Waals surface area contributed by atoms with E-state index in [-0.39, 0.29) is 5.69 Å². The molecule has 2 amide bonds. The Labute approximate surface area is 136 Å². The number of anilines is 2. The van der Waals surface area contributed by atoms with Crippen molar-refractivity contribution in [3.05, 3.63) is 59.1 Å². The minimum Gasteiger partial charge on any atom is -0.308 e. The second-order valence-electron chi connectivity index (χ2n) is 4.70. The summed E-state index contributed by atoms with van der Waals surface area (Å²) in [5, 5.41) is 2.05. The van der Waals surface area contributed by atoms with Gasteiger partial charge >= 0.3 is 12.2 Å². The Morgan fingerprint density at radius 1 is 1.17 bits per heavy atom. The molecule has 0 radical (unpaired) electrons. The van der Waals surface area contributed by atoms with Crippen LogP contribution in [-0.2, 0) is 6.18 Å². The number of hydrogen-bond acceptors (Lipinski definition) is 1. The second kappa shape index (κ2) is 6.91. The van der Waals surface area contributed by atoms with E-state index in [1.165, 1.54) is 11.0 Å². The van der Waals surface area contributed by atoms with Crippen LogP contribution in [0.25, 0.3) is 0 Å². The quantitative estimate of drug-likeness (QED) is 0.794. The average molecular weight is 343 g/mol. The van der Waals surface area contributed by atoms with Crippen LogP contribution in [0.4, 0.5) is 29.3 Å². The third kappa shape index (κ3) is 4.16. The summed E-state index contributed by atoms with van der Waals surface area (Å²) < 4.78 is 38.5. The van der Waals surface area contributed by atoms with Gasteiger partial charge in [0.05, 0.1) is 10.6 Å². The first kappa shape index (κ1) is 17.1. The molecule has 0 aliphatic carbocycles. The topological polar surface area (TPSA) is 32.3 Å². The van der Waals surface area contributed by atoms with Crippen molar-refractivity contribution in [1.82, 2.24) is 0 Å². The summed E-state index contributed by atoms with van der Waals surface area (Å²) in [4.78, 5) is 13.7. The SMILES string of the molecule is CCN(C(=O)Nc1ccc(Cl)c(C(F)(F)F)c1)c1ccccc1. The van der Waals surface area contributed by atoms with Gasteiger partial charge in [-0.1, -0.05) is 29.8 Å². The van der Waals surface area contributed by atoms with Crippen LogP contribution >= 0.6 is 11.6 Å². The smallest absolute Gasteiger partial charge is 0.308 e. The molecule has 0 atom stereocenters. The summed E-state index contributed by atoms with van der Waals surface area (Å²) in [6, 6.07) is 11.6.